The van der Waals surface area contributed by atoms with E-state index in [-0.39, 0.29) is 11.8 Å². The molecule has 6 nitrogen and oxygen atoms in total. The Hall–Kier alpha value is -3.28. The molecule has 5 rings (SSSR count). The molecule has 0 bridgehead atoms. The number of rotatable bonds is 3. The SMILES string of the molecule is O=C1OC2(CCN(c3nc(O)c(Cc4ccccc4)o3)CC2)c2ccccc21. The Balaban J connectivity index is 1.33. The van der Waals surface area contributed by atoms with Crippen molar-refractivity contribution in [1.82, 2.24) is 4.98 Å². The topological polar surface area (TPSA) is 75.8 Å². The van der Waals surface area contributed by atoms with Gasteiger partial charge in [-0.15, -0.1) is 0 Å². The van der Waals surface area contributed by atoms with Crippen LogP contribution in [0.4, 0.5) is 6.01 Å². The molecule has 0 aliphatic carbocycles. The number of aromatic hydroxyl groups is 1. The minimum Gasteiger partial charge on any atom is -0.491 e. The molecule has 0 unspecified atom stereocenters. The molecule has 1 aromatic heterocycles. The molecule has 3 heterocycles. The summed E-state index contributed by atoms with van der Waals surface area (Å²) in [5, 5.41) is 10.2. The van der Waals surface area contributed by atoms with E-state index in [9.17, 15) is 9.90 Å². The molecule has 1 spiro atoms. The van der Waals surface area contributed by atoms with Crippen molar-refractivity contribution in [3.63, 3.8) is 0 Å². The number of fused-ring (bicyclic) bond motifs is 2. The number of hydrogen-bond acceptors (Lipinski definition) is 6. The number of esters is 1. The standard InChI is InChI=1S/C22H20N2O4/c25-19-18(14-15-6-2-1-3-7-15)27-21(23-19)24-12-10-22(11-13-24)17-9-5-4-8-16(17)20(26)28-22/h1-9,25H,10-14H2. The molecule has 0 radical (unpaired) electrons. The first kappa shape index (κ1) is 16.9. The van der Waals surface area contributed by atoms with E-state index < -0.39 is 5.60 Å². The van der Waals surface area contributed by atoms with Crippen LogP contribution in [0.15, 0.2) is 59.0 Å². The van der Waals surface area contributed by atoms with Crippen molar-refractivity contribution in [2.45, 2.75) is 24.9 Å². The second-order valence-corrected chi connectivity index (χ2v) is 7.32. The van der Waals surface area contributed by atoms with Crippen LogP contribution in [0.2, 0.25) is 0 Å². The number of aromatic nitrogens is 1. The predicted octanol–water partition coefficient (Wildman–Crippen LogP) is 3.64. The van der Waals surface area contributed by atoms with E-state index in [1.165, 1.54) is 0 Å². The van der Waals surface area contributed by atoms with Crippen LogP contribution in [-0.2, 0) is 16.8 Å². The maximum Gasteiger partial charge on any atom is 0.339 e. The molecule has 142 valence electrons. The van der Waals surface area contributed by atoms with Gasteiger partial charge in [-0.1, -0.05) is 48.5 Å². The van der Waals surface area contributed by atoms with E-state index >= 15 is 0 Å². The van der Waals surface area contributed by atoms with Crippen LogP contribution < -0.4 is 4.90 Å². The Morgan fingerprint density at radius 1 is 1.04 bits per heavy atom. The predicted molar refractivity (Wildman–Crippen MR) is 102 cm³/mol. The fourth-order valence-corrected chi connectivity index (χ4v) is 4.14. The van der Waals surface area contributed by atoms with Crippen molar-refractivity contribution in [3.8, 4) is 5.88 Å². The van der Waals surface area contributed by atoms with E-state index in [0.717, 1.165) is 11.1 Å². The van der Waals surface area contributed by atoms with Crippen LogP contribution in [0.5, 0.6) is 5.88 Å². The molecule has 0 saturated carbocycles. The first-order valence-electron chi connectivity index (χ1n) is 9.45. The first-order chi connectivity index (χ1) is 13.6. The van der Waals surface area contributed by atoms with Gasteiger partial charge in [0.25, 0.3) is 5.88 Å². The van der Waals surface area contributed by atoms with Crippen LogP contribution >= 0.6 is 0 Å². The van der Waals surface area contributed by atoms with Gasteiger partial charge in [-0.05, 0) is 11.6 Å². The summed E-state index contributed by atoms with van der Waals surface area (Å²) in [5.41, 5.74) is 2.12. The molecule has 0 amide bonds. The number of carbonyl (C=O) groups excluding carboxylic acids is 1. The van der Waals surface area contributed by atoms with Gasteiger partial charge < -0.3 is 19.2 Å². The number of hydrogen-bond donors (Lipinski definition) is 1. The zero-order valence-corrected chi connectivity index (χ0v) is 15.3. The summed E-state index contributed by atoms with van der Waals surface area (Å²) in [6, 6.07) is 17.8. The van der Waals surface area contributed by atoms with Crippen molar-refractivity contribution < 1.29 is 19.1 Å². The van der Waals surface area contributed by atoms with Crippen molar-refractivity contribution in [2.75, 3.05) is 18.0 Å². The average Bonchev–Trinajstić information content (AvgIpc) is 3.22. The Morgan fingerprint density at radius 3 is 2.54 bits per heavy atom. The third-order valence-corrected chi connectivity index (χ3v) is 5.64. The number of piperidine rings is 1. The fraction of sp³-hybridized carbons (Fsp3) is 0.273. The Bertz CT molecular complexity index is 1020. The van der Waals surface area contributed by atoms with Crippen molar-refractivity contribution in [3.05, 3.63) is 77.0 Å². The van der Waals surface area contributed by atoms with Crippen molar-refractivity contribution in [1.29, 1.82) is 0 Å². The third-order valence-electron chi connectivity index (χ3n) is 5.64. The zero-order valence-electron chi connectivity index (χ0n) is 15.3. The van der Waals surface area contributed by atoms with Crippen LogP contribution in [0.3, 0.4) is 0 Å². The summed E-state index contributed by atoms with van der Waals surface area (Å²) in [4.78, 5) is 18.4. The van der Waals surface area contributed by atoms with E-state index in [1.54, 1.807) is 0 Å². The van der Waals surface area contributed by atoms with Crippen LogP contribution in [-0.4, -0.2) is 29.1 Å². The zero-order chi connectivity index (χ0) is 19.1. The molecule has 2 aliphatic heterocycles. The molecule has 1 saturated heterocycles. The number of carbonyl (C=O) groups is 1. The normalized spacial score (nSPS) is 17.6. The van der Waals surface area contributed by atoms with Gasteiger partial charge >= 0.3 is 12.0 Å². The van der Waals surface area contributed by atoms with Crippen LogP contribution in [0, 0.1) is 0 Å². The van der Waals surface area contributed by atoms with Gasteiger partial charge in [-0.25, -0.2) is 4.79 Å². The Labute approximate surface area is 162 Å². The highest BCUT2D eigenvalue weighted by molar-refractivity contribution is 5.94. The first-order valence-corrected chi connectivity index (χ1v) is 9.45. The quantitative estimate of drug-likeness (QED) is 0.704. The molecule has 1 N–H and O–H groups in total. The lowest BCUT2D eigenvalue weighted by molar-refractivity contribution is -0.0214. The lowest BCUT2D eigenvalue weighted by Gasteiger charge is -2.37. The summed E-state index contributed by atoms with van der Waals surface area (Å²) in [6.45, 7) is 1.26. The Morgan fingerprint density at radius 2 is 1.75 bits per heavy atom. The van der Waals surface area contributed by atoms with E-state index in [2.05, 4.69) is 4.98 Å². The molecule has 3 aromatic rings. The number of nitrogens with zero attached hydrogens (tertiary/aromatic N) is 2. The molecular weight excluding hydrogens is 356 g/mol. The number of anilines is 1. The number of ether oxygens (including phenoxy) is 1. The van der Waals surface area contributed by atoms with E-state index in [1.807, 2.05) is 59.5 Å². The third kappa shape index (κ3) is 2.72. The highest BCUT2D eigenvalue weighted by Gasteiger charge is 2.47. The summed E-state index contributed by atoms with van der Waals surface area (Å²) in [7, 11) is 0. The van der Waals surface area contributed by atoms with E-state index in [4.69, 9.17) is 9.15 Å². The van der Waals surface area contributed by atoms with Gasteiger partial charge in [-0.2, -0.15) is 4.98 Å². The number of benzene rings is 2. The summed E-state index contributed by atoms with van der Waals surface area (Å²) in [6.07, 6.45) is 1.81. The molecule has 0 atom stereocenters. The van der Waals surface area contributed by atoms with E-state index in [0.29, 0.717) is 49.7 Å². The van der Waals surface area contributed by atoms with Gasteiger partial charge in [0.1, 0.15) is 5.60 Å². The minimum absolute atomic E-state index is 0.0724. The van der Waals surface area contributed by atoms with Gasteiger partial charge in [-0.3, -0.25) is 0 Å². The largest absolute Gasteiger partial charge is 0.491 e. The second-order valence-electron chi connectivity index (χ2n) is 7.32. The highest BCUT2D eigenvalue weighted by atomic mass is 16.6. The van der Waals surface area contributed by atoms with Crippen LogP contribution in [0.25, 0.3) is 0 Å². The fourth-order valence-electron chi connectivity index (χ4n) is 4.14. The van der Waals surface area contributed by atoms with Gasteiger partial charge in [0, 0.05) is 37.9 Å². The minimum atomic E-state index is -0.564. The van der Waals surface area contributed by atoms with Crippen LogP contribution in [0.1, 0.15) is 40.1 Å². The van der Waals surface area contributed by atoms with Crippen molar-refractivity contribution >= 4 is 12.0 Å². The maximum atomic E-state index is 12.2. The maximum absolute atomic E-state index is 12.2. The molecule has 6 heteroatoms. The summed E-state index contributed by atoms with van der Waals surface area (Å²) >= 11 is 0. The molecule has 1 fully saturated rings. The van der Waals surface area contributed by atoms with Gasteiger partial charge in [0.15, 0.2) is 5.76 Å². The Kier molecular flexibility index (Phi) is 3.86. The molecular formula is C22H20N2O4. The monoisotopic (exact) mass is 376 g/mol. The summed E-state index contributed by atoms with van der Waals surface area (Å²) < 4.78 is 11.6. The lowest BCUT2D eigenvalue weighted by atomic mass is 9.84. The second kappa shape index (κ2) is 6.41. The van der Waals surface area contributed by atoms with Crippen molar-refractivity contribution in [2.24, 2.45) is 0 Å². The average molecular weight is 376 g/mol. The molecule has 2 aliphatic rings. The number of oxazole rings is 1. The molecule has 2 aromatic carbocycles. The lowest BCUT2D eigenvalue weighted by Crippen LogP contribution is -2.43. The van der Waals surface area contributed by atoms with Gasteiger partial charge in [0.05, 0.1) is 5.56 Å². The summed E-state index contributed by atoms with van der Waals surface area (Å²) in [5.74, 6) is 0.138. The molecule has 28 heavy (non-hydrogen) atoms. The smallest absolute Gasteiger partial charge is 0.339 e. The van der Waals surface area contributed by atoms with Gasteiger partial charge in [0.2, 0.25) is 0 Å². The highest BCUT2D eigenvalue weighted by Crippen LogP contribution is 2.44.